The maximum Gasteiger partial charge on any atom is 0.225 e. The van der Waals surface area contributed by atoms with E-state index in [0.717, 1.165) is 12.8 Å². The Labute approximate surface area is 106 Å². The smallest absolute Gasteiger partial charge is 0.225 e. The SMILES string of the molecule is CC(CCc1nc(N)nc(N)n1)c1ccccc1. The average Bonchev–Trinajstić information content (AvgIpc) is 2.36. The Kier molecular flexibility index (Phi) is 3.72. The van der Waals surface area contributed by atoms with Gasteiger partial charge in [0, 0.05) is 6.42 Å². The van der Waals surface area contributed by atoms with Gasteiger partial charge in [0.15, 0.2) is 0 Å². The van der Waals surface area contributed by atoms with E-state index < -0.39 is 0 Å². The van der Waals surface area contributed by atoms with Crippen LogP contribution in [0.3, 0.4) is 0 Å². The topological polar surface area (TPSA) is 90.7 Å². The van der Waals surface area contributed by atoms with Gasteiger partial charge in [0.05, 0.1) is 0 Å². The van der Waals surface area contributed by atoms with Gasteiger partial charge in [0.25, 0.3) is 0 Å². The summed E-state index contributed by atoms with van der Waals surface area (Å²) >= 11 is 0. The lowest BCUT2D eigenvalue weighted by atomic mass is 9.96. The van der Waals surface area contributed by atoms with Gasteiger partial charge in [-0.05, 0) is 17.9 Å². The largest absolute Gasteiger partial charge is 0.368 e. The molecule has 2 rings (SSSR count). The van der Waals surface area contributed by atoms with E-state index in [-0.39, 0.29) is 11.9 Å². The third-order valence-corrected chi connectivity index (χ3v) is 2.89. The van der Waals surface area contributed by atoms with E-state index in [9.17, 15) is 0 Å². The van der Waals surface area contributed by atoms with E-state index in [1.165, 1.54) is 5.56 Å². The highest BCUT2D eigenvalue weighted by atomic mass is 15.1. The summed E-state index contributed by atoms with van der Waals surface area (Å²) in [5.74, 6) is 1.47. The van der Waals surface area contributed by atoms with Gasteiger partial charge in [-0.25, -0.2) is 0 Å². The normalized spacial score (nSPS) is 12.3. The van der Waals surface area contributed by atoms with Crippen LogP contribution in [0.5, 0.6) is 0 Å². The van der Waals surface area contributed by atoms with E-state index in [4.69, 9.17) is 11.5 Å². The van der Waals surface area contributed by atoms with Crippen LogP contribution in [-0.2, 0) is 6.42 Å². The second kappa shape index (κ2) is 5.44. The van der Waals surface area contributed by atoms with Crippen molar-refractivity contribution in [3.63, 3.8) is 0 Å². The molecule has 18 heavy (non-hydrogen) atoms. The molecule has 0 fully saturated rings. The van der Waals surface area contributed by atoms with Crippen molar-refractivity contribution in [2.75, 3.05) is 11.5 Å². The van der Waals surface area contributed by atoms with E-state index in [0.29, 0.717) is 11.7 Å². The quantitative estimate of drug-likeness (QED) is 0.854. The molecule has 1 atom stereocenters. The minimum Gasteiger partial charge on any atom is -0.368 e. The van der Waals surface area contributed by atoms with Crippen molar-refractivity contribution in [3.8, 4) is 0 Å². The lowest BCUT2D eigenvalue weighted by Crippen LogP contribution is -2.08. The molecule has 4 N–H and O–H groups in total. The molecule has 0 aliphatic heterocycles. The second-order valence-electron chi connectivity index (χ2n) is 4.32. The first-order chi connectivity index (χ1) is 8.65. The molecule has 94 valence electrons. The molecule has 0 amide bonds. The average molecular weight is 243 g/mol. The van der Waals surface area contributed by atoms with Crippen molar-refractivity contribution in [2.24, 2.45) is 0 Å². The summed E-state index contributed by atoms with van der Waals surface area (Å²) in [5.41, 5.74) is 12.4. The van der Waals surface area contributed by atoms with Gasteiger partial charge >= 0.3 is 0 Å². The number of benzene rings is 1. The Bertz CT molecular complexity index is 492. The molecule has 0 spiro atoms. The number of nitrogens with zero attached hydrogens (tertiary/aromatic N) is 3. The van der Waals surface area contributed by atoms with Gasteiger partial charge in [-0.2, -0.15) is 15.0 Å². The number of hydrogen-bond acceptors (Lipinski definition) is 5. The number of hydrogen-bond donors (Lipinski definition) is 2. The zero-order valence-electron chi connectivity index (χ0n) is 10.4. The Morgan fingerprint density at radius 1 is 1.00 bits per heavy atom. The first kappa shape index (κ1) is 12.3. The summed E-state index contributed by atoms with van der Waals surface area (Å²) in [6, 6.07) is 10.4. The van der Waals surface area contributed by atoms with Crippen molar-refractivity contribution >= 4 is 11.9 Å². The highest BCUT2D eigenvalue weighted by molar-refractivity contribution is 5.26. The molecule has 0 aliphatic rings. The summed E-state index contributed by atoms with van der Waals surface area (Å²) in [6.45, 7) is 2.18. The third kappa shape index (κ3) is 3.16. The van der Waals surface area contributed by atoms with Crippen molar-refractivity contribution < 1.29 is 0 Å². The first-order valence-corrected chi connectivity index (χ1v) is 5.96. The summed E-state index contributed by atoms with van der Waals surface area (Å²) < 4.78 is 0. The monoisotopic (exact) mass is 243 g/mol. The minimum absolute atomic E-state index is 0.185. The van der Waals surface area contributed by atoms with Crippen LogP contribution in [-0.4, -0.2) is 15.0 Å². The molecular weight excluding hydrogens is 226 g/mol. The van der Waals surface area contributed by atoms with E-state index in [2.05, 4.69) is 34.0 Å². The number of rotatable bonds is 4. The van der Waals surface area contributed by atoms with Crippen molar-refractivity contribution in [1.82, 2.24) is 15.0 Å². The molecule has 0 bridgehead atoms. The summed E-state index contributed by atoms with van der Waals surface area (Å²) in [4.78, 5) is 11.9. The molecular formula is C13H17N5. The first-order valence-electron chi connectivity index (χ1n) is 5.96. The van der Waals surface area contributed by atoms with Crippen LogP contribution in [0.25, 0.3) is 0 Å². The molecule has 0 aliphatic carbocycles. The maximum atomic E-state index is 5.53. The molecule has 1 unspecified atom stereocenters. The predicted octanol–water partition coefficient (Wildman–Crippen LogP) is 1.77. The Hall–Kier alpha value is -2.17. The van der Waals surface area contributed by atoms with Crippen LogP contribution in [0, 0.1) is 0 Å². The predicted molar refractivity (Wildman–Crippen MR) is 71.8 cm³/mol. The van der Waals surface area contributed by atoms with Crippen molar-refractivity contribution in [3.05, 3.63) is 41.7 Å². The Balaban J connectivity index is 1.99. The zero-order chi connectivity index (χ0) is 13.0. The Morgan fingerprint density at radius 3 is 2.22 bits per heavy atom. The lowest BCUT2D eigenvalue weighted by Gasteiger charge is -2.11. The Morgan fingerprint density at radius 2 is 1.61 bits per heavy atom. The summed E-state index contributed by atoms with van der Waals surface area (Å²) in [5, 5.41) is 0. The van der Waals surface area contributed by atoms with Crippen LogP contribution < -0.4 is 11.5 Å². The van der Waals surface area contributed by atoms with Gasteiger partial charge < -0.3 is 11.5 Å². The molecule has 1 heterocycles. The highest BCUT2D eigenvalue weighted by Crippen LogP contribution is 2.20. The van der Waals surface area contributed by atoms with E-state index in [1.807, 2.05) is 18.2 Å². The number of aromatic nitrogens is 3. The fourth-order valence-corrected chi connectivity index (χ4v) is 1.86. The van der Waals surface area contributed by atoms with Crippen LogP contribution in [0.4, 0.5) is 11.9 Å². The molecule has 5 heteroatoms. The summed E-state index contributed by atoms with van der Waals surface area (Å²) in [6.07, 6.45) is 1.69. The highest BCUT2D eigenvalue weighted by Gasteiger charge is 2.08. The summed E-state index contributed by atoms with van der Waals surface area (Å²) in [7, 11) is 0. The number of nitrogens with two attached hydrogens (primary N) is 2. The van der Waals surface area contributed by atoms with Gasteiger partial charge in [-0.15, -0.1) is 0 Å². The molecule has 5 nitrogen and oxygen atoms in total. The van der Waals surface area contributed by atoms with Crippen molar-refractivity contribution in [1.29, 1.82) is 0 Å². The van der Waals surface area contributed by atoms with Gasteiger partial charge in [0.2, 0.25) is 11.9 Å². The maximum absolute atomic E-state index is 5.53. The lowest BCUT2D eigenvalue weighted by molar-refractivity contribution is 0.658. The molecule has 0 saturated heterocycles. The van der Waals surface area contributed by atoms with E-state index in [1.54, 1.807) is 0 Å². The van der Waals surface area contributed by atoms with Gasteiger partial charge in [-0.3, -0.25) is 0 Å². The van der Waals surface area contributed by atoms with Gasteiger partial charge in [0.1, 0.15) is 5.82 Å². The fourth-order valence-electron chi connectivity index (χ4n) is 1.86. The number of aryl methyl sites for hydroxylation is 1. The number of anilines is 2. The molecule has 1 aromatic heterocycles. The minimum atomic E-state index is 0.185. The van der Waals surface area contributed by atoms with Crippen LogP contribution in [0.15, 0.2) is 30.3 Å². The van der Waals surface area contributed by atoms with Crippen molar-refractivity contribution in [2.45, 2.75) is 25.7 Å². The van der Waals surface area contributed by atoms with Crippen LogP contribution >= 0.6 is 0 Å². The molecule has 2 aromatic rings. The fraction of sp³-hybridized carbons (Fsp3) is 0.308. The second-order valence-corrected chi connectivity index (χ2v) is 4.32. The molecule has 0 saturated carbocycles. The molecule has 0 radical (unpaired) electrons. The van der Waals surface area contributed by atoms with Gasteiger partial charge in [-0.1, -0.05) is 37.3 Å². The van der Waals surface area contributed by atoms with Crippen LogP contribution in [0.2, 0.25) is 0 Å². The van der Waals surface area contributed by atoms with E-state index >= 15 is 0 Å². The number of nitrogen functional groups attached to an aromatic ring is 2. The third-order valence-electron chi connectivity index (χ3n) is 2.89. The van der Waals surface area contributed by atoms with Crippen LogP contribution in [0.1, 0.15) is 30.7 Å². The molecule has 1 aromatic carbocycles. The zero-order valence-corrected chi connectivity index (χ0v) is 10.4. The standard InChI is InChI=1S/C13H17N5/c1-9(10-5-3-2-4-6-10)7-8-11-16-12(14)18-13(15)17-11/h2-6,9H,7-8H2,1H3,(H4,14,15,16,17,18).